The average Bonchev–Trinajstić information content (AvgIpc) is 2.58. The van der Waals surface area contributed by atoms with Crippen LogP contribution in [0.5, 0.6) is 5.75 Å². The van der Waals surface area contributed by atoms with E-state index in [-0.39, 0.29) is 12.3 Å². The van der Waals surface area contributed by atoms with Crippen LogP contribution in [-0.2, 0) is 16.0 Å². The lowest BCUT2D eigenvalue weighted by Gasteiger charge is -2.12. The Balaban J connectivity index is 1.84. The van der Waals surface area contributed by atoms with Crippen LogP contribution >= 0.6 is 23.2 Å². The zero-order valence-electron chi connectivity index (χ0n) is 14.6. The van der Waals surface area contributed by atoms with Gasteiger partial charge in [-0.15, -0.1) is 0 Å². The van der Waals surface area contributed by atoms with Gasteiger partial charge in [0.2, 0.25) is 11.8 Å². The third-order valence-electron chi connectivity index (χ3n) is 3.70. The smallest absolute Gasteiger partial charge is 0.233 e. The second-order valence-electron chi connectivity index (χ2n) is 5.76. The van der Waals surface area contributed by atoms with Gasteiger partial charge in [-0.05, 0) is 42.7 Å². The van der Waals surface area contributed by atoms with Crippen LogP contribution in [0.2, 0.25) is 10.0 Å². The van der Waals surface area contributed by atoms with Crippen molar-refractivity contribution in [3.63, 3.8) is 0 Å². The van der Waals surface area contributed by atoms with Crippen LogP contribution in [0.1, 0.15) is 17.5 Å². The van der Waals surface area contributed by atoms with Crippen LogP contribution in [0.3, 0.4) is 0 Å². The molecule has 0 heterocycles. The third kappa shape index (κ3) is 5.93. The Morgan fingerprint density at radius 2 is 1.88 bits per heavy atom. The first kappa shape index (κ1) is 20.1. The van der Waals surface area contributed by atoms with Crippen molar-refractivity contribution in [2.75, 3.05) is 19.0 Å². The van der Waals surface area contributed by atoms with Crippen LogP contribution in [0.4, 0.5) is 5.69 Å². The molecular weight excluding hydrogens is 375 g/mol. The molecule has 0 atom stereocenters. The van der Waals surface area contributed by atoms with Gasteiger partial charge >= 0.3 is 0 Å². The van der Waals surface area contributed by atoms with Crippen molar-refractivity contribution >= 4 is 40.7 Å². The highest BCUT2D eigenvalue weighted by molar-refractivity contribution is 6.31. The molecule has 0 radical (unpaired) electrons. The molecule has 2 aromatic carbocycles. The number of hydrogen-bond acceptors (Lipinski definition) is 3. The van der Waals surface area contributed by atoms with E-state index in [1.807, 2.05) is 25.1 Å². The Morgan fingerprint density at radius 1 is 1.12 bits per heavy atom. The molecule has 5 nitrogen and oxygen atoms in total. The number of benzene rings is 2. The van der Waals surface area contributed by atoms with Gasteiger partial charge in [-0.2, -0.15) is 0 Å². The van der Waals surface area contributed by atoms with Crippen molar-refractivity contribution in [1.82, 2.24) is 5.32 Å². The van der Waals surface area contributed by atoms with E-state index >= 15 is 0 Å². The Morgan fingerprint density at radius 3 is 2.58 bits per heavy atom. The summed E-state index contributed by atoms with van der Waals surface area (Å²) in [5, 5.41) is 6.59. The zero-order chi connectivity index (χ0) is 19.1. The molecule has 2 aromatic rings. The monoisotopic (exact) mass is 394 g/mol. The van der Waals surface area contributed by atoms with Gasteiger partial charge in [0.15, 0.2) is 0 Å². The summed E-state index contributed by atoms with van der Waals surface area (Å²) in [6.07, 6.45) is 0.360. The fraction of sp³-hybridized carbons (Fsp3) is 0.263. The van der Waals surface area contributed by atoms with Crippen LogP contribution in [0.25, 0.3) is 0 Å². The summed E-state index contributed by atoms with van der Waals surface area (Å²) in [6.45, 7) is 2.25. The summed E-state index contributed by atoms with van der Waals surface area (Å²) < 4.78 is 5.20. The lowest BCUT2D eigenvalue weighted by atomic mass is 10.1. The van der Waals surface area contributed by atoms with E-state index in [0.29, 0.717) is 34.4 Å². The number of amides is 2. The van der Waals surface area contributed by atoms with Gasteiger partial charge in [0.05, 0.1) is 12.8 Å². The number of carbonyl (C=O) groups excluding carboxylic acids is 2. The number of aryl methyl sites for hydroxylation is 1. The maximum absolute atomic E-state index is 12.1. The molecule has 0 bridgehead atoms. The summed E-state index contributed by atoms with van der Waals surface area (Å²) in [4.78, 5) is 24.0. The zero-order valence-corrected chi connectivity index (χ0v) is 16.1. The molecule has 2 rings (SSSR count). The molecule has 0 fully saturated rings. The first-order valence-corrected chi connectivity index (χ1v) is 8.79. The quantitative estimate of drug-likeness (QED) is 0.697. The predicted octanol–water partition coefficient (Wildman–Crippen LogP) is 4.00. The van der Waals surface area contributed by atoms with Crippen LogP contribution < -0.4 is 15.4 Å². The largest absolute Gasteiger partial charge is 0.495 e. The van der Waals surface area contributed by atoms with E-state index in [4.69, 9.17) is 27.9 Å². The Labute approximate surface area is 162 Å². The number of hydrogen-bond donors (Lipinski definition) is 2. The minimum absolute atomic E-state index is 0.277. The summed E-state index contributed by atoms with van der Waals surface area (Å²) in [5.41, 5.74) is 2.29. The SMILES string of the molecule is COc1cc(Cl)c(C)cc1NC(=O)CC(=O)NCCc1cccc(Cl)c1. The molecule has 0 saturated carbocycles. The minimum atomic E-state index is -0.426. The second kappa shape index (κ2) is 9.46. The average molecular weight is 395 g/mol. The lowest BCUT2D eigenvalue weighted by Crippen LogP contribution is -2.29. The van der Waals surface area contributed by atoms with E-state index < -0.39 is 5.91 Å². The third-order valence-corrected chi connectivity index (χ3v) is 4.34. The highest BCUT2D eigenvalue weighted by Gasteiger charge is 2.13. The maximum atomic E-state index is 12.1. The number of rotatable bonds is 7. The molecule has 0 aliphatic rings. The first-order valence-electron chi connectivity index (χ1n) is 8.04. The van der Waals surface area contributed by atoms with Crippen molar-refractivity contribution in [3.05, 3.63) is 57.6 Å². The van der Waals surface area contributed by atoms with Gasteiger partial charge in [-0.25, -0.2) is 0 Å². The number of anilines is 1. The van der Waals surface area contributed by atoms with E-state index in [1.54, 1.807) is 18.2 Å². The number of ether oxygens (including phenoxy) is 1. The summed E-state index contributed by atoms with van der Waals surface area (Å²) in [5.74, 6) is -0.338. The van der Waals surface area contributed by atoms with Gasteiger partial charge in [-0.1, -0.05) is 35.3 Å². The molecule has 0 unspecified atom stereocenters. The minimum Gasteiger partial charge on any atom is -0.495 e. The molecule has 7 heteroatoms. The number of nitrogens with one attached hydrogen (secondary N) is 2. The molecular formula is C19H20Cl2N2O3. The second-order valence-corrected chi connectivity index (χ2v) is 6.60. The van der Waals surface area contributed by atoms with Crippen molar-refractivity contribution in [2.24, 2.45) is 0 Å². The van der Waals surface area contributed by atoms with Crippen LogP contribution in [-0.4, -0.2) is 25.5 Å². The molecule has 0 saturated heterocycles. The molecule has 2 amide bonds. The normalized spacial score (nSPS) is 10.3. The molecule has 0 aliphatic carbocycles. The van der Waals surface area contributed by atoms with Crippen LogP contribution in [0, 0.1) is 6.92 Å². The standard InChI is InChI=1S/C19H20Cl2N2O3/c1-12-8-16(17(26-2)10-15(12)21)23-19(25)11-18(24)22-7-6-13-4-3-5-14(20)9-13/h3-5,8-10H,6-7,11H2,1-2H3,(H,22,24)(H,23,25). The Bertz CT molecular complexity index is 809. The molecule has 0 spiro atoms. The van der Waals surface area contributed by atoms with Crippen molar-refractivity contribution < 1.29 is 14.3 Å². The fourth-order valence-electron chi connectivity index (χ4n) is 2.37. The van der Waals surface area contributed by atoms with E-state index in [2.05, 4.69) is 10.6 Å². The fourth-order valence-corrected chi connectivity index (χ4v) is 2.74. The summed E-state index contributed by atoms with van der Waals surface area (Å²) in [7, 11) is 1.49. The first-order chi connectivity index (χ1) is 12.4. The van der Waals surface area contributed by atoms with Gasteiger partial charge in [0, 0.05) is 22.7 Å². The maximum Gasteiger partial charge on any atom is 0.233 e. The van der Waals surface area contributed by atoms with Gasteiger partial charge in [-0.3, -0.25) is 9.59 Å². The van der Waals surface area contributed by atoms with E-state index in [0.717, 1.165) is 11.1 Å². The van der Waals surface area contributed by atoms with Crippen LogP contribution in [0.15, 0.2) is 36.4 Å². The highest BCUT2D eigenvalue weighted by Crippen LogP contribution is 2.30. The number of carbonyl (C=O) groups is 2. The lowest BCUT2D eigenvalue weighted by molar-refractivity contribution is -0.126. The molecule has 2 N–H and O–H groups in total. The van der Waals surface area contributed by atoms with Crippen molar-refractivity contribution in [2.45, 2.75) is 19.8 Å². The van der Waals surface area contributed by atoms with E-state index in [1.165, 1.54) is 7.11 Å². The summed E-state index contributed by atoms with van der Waals surface area (Å²) >= 11 is 12.0. The Kier molecular flexibility index (Phi) is 7.30. The molecule has 0 aliphatic heterocycles. The van der Waals surface area contributed by atoms with Crippen molar-refractivity contribution in [1.29, 1.82) is 0 Å². The number of halogens is 2. The highest BCUT2D eigenvalue weighted by atomic mass is 35.5. The molecule has 26 heavy (non-hydrogen) atoms. The van der Waals surface area contributed by atoms with Gasteiger partial charge in [0.25, 0.3) is 0 Å². The molecule has 0 aromatic heterocycles. The van der Waals surface area contributed by atoms with Crippen molar-refractivity contribution in [3.8, 4) is 5.75 Å². The van der Waals surface area contributed by atoms with E-state index in [9.17, 15) is 9.59 Å². The van der Waals surface area contributed by atoms with Gasteiger partial charge in [0.1, 0.15) is 12.2 Å². The summed E-state index contributed by atoms with van der Waals surface area (Å²) in [6, 6.07) is 10.7. The Hall–Kier alpha value is -2.24. The molecule has 138 valence electrons. The topological polar surface area (TPSA) is 67.4 Å². The number of methoxy groups -OCH3 is 1. The predicted molar refractivity (Wildman–Crippen MR) is 104 cm³/mol. The van der Waals surface area contributed by atoms with Gasteiger partial charge < -0.3 is 15.4 Å².